The SMILES string of the molecule is CC(C)CN1CCN(c2c(F)cccc2CBr)CC1. The molecular weight excluding hydrogens is 307 g/mol. The minimum atomic E-state index is -0.103. The molecule has 1 aliphatic heterocycles. The number of rotatable bonds is 4. The maximum atomic E-state index is 14.1. The molecule has 0 unspecified atom stereocenters. The molecule has 1 heterocycles. The molecule has 0 amide bonds. The normalized spacial score (nSPS) is 17.2. The summed E-state index contributed by atoms with van der Waals surface area (Å²) in [5.74, 6) is 0.590. The molecule has 1 aromatic rings. The number of benzene rings is 1. The van der Waals surface area contributed by atoms with Crippen molar-refractivity contribution in [2.45, 2.75) is 19.2 Å². The summed E-state index contributed by atoms with van der Waals surface area (Å²) in [7, 11) is 0. The number of hydrogen-bond donors (Lipinski definition) is 0. The Morgan fingerprint density at radius 2 is 1.89 bits per heavy atom. The number of hydrogen-bond acceptors (Lipinski definition) is 2. The van der Waals surface area contributed by atoms with Gasteiger partial charge in [0.25, 0.3) is 0 Å². The Labute approximate surface area is 123 Å². The summed E-state index contributed by atoms with van der Waals surface area (Å²) >= 11 is 3.45. The van der Waals surface area contributed by atoms with Gasteiger partial charge in [-0.2, -0.15) is 0 Å². The van der Waals surface area contributed by atoms with Gasteiger partial charge in [-0.05, 0) is 17.5 Å². The standard InChI is InChI=1S/C15H22BrFN2/c1-12(2)11-18-6-8-19(9-7-18)15-13(10-16)4-3-5-14(15)17/h3-5,12H,6-11H2,1-2H3. The lowest BCUT2D eigenvalue weighted by Crippen LogP contribution is -2.48. The first-order valence-electron chi connectivity index (χ1n) is 6.92. The number of piperazine rings is 1. The van der Waals surface area contributed by atoms with E-state index in [1.54, 1.807) is 12.1 Å². The summed E-state index contributed by atoms with van der Waals surface area (Å²) in [5, 5.41) is 0.701. The first kappa shape index (κ1) is 14.8. The Morgan fingerprint density at radius 1 is 1.21 bits per heavy atom. The topological polar surface area (TPSA) is 6.48 Å². The predicted octanol–water partition coefficient (Wildman–Crippen LogP) is 3.50. The second-order valence-corrected chi connectivity index (χ2v) is 6.12. The number of para-hydroxylation sites is 1. The fourth-order valence-electron chi connectivity index (χ4n) is 2.69. The van der Waals surface area contributed by atoms with Crippen LogP contribution in [0.5, 0.6) is 0 Å². The molecule has 1 saturated heterocycles. The van der Waals surface area contributed by atoms with Crippen LogP contribution in [0, 0.1) is 11.7 Å². The first-order chi connectivity index (χ1) is 9.11. The van der Waals surface area contributed by atoms with E-state index in [0.717, 1.165) is 44.0 Å². The van der Waals surface area contributed by atoms with Crippen molar-refractivity contribution in [3.63, 3.8) is 0 Å². The molecule has 0 N–H and O–H groups in total. The van der Waals surface area contributed by atoms with Crippen LogP contribution in [0.1, 0.15) is 19.4 Å². The molecule has 1 fully saturated rings. The predicted molar refractivity (Wildman–Crippen MR) is 82.5 cm³/mol. The number of anilines is 1. The fourth-order valence-corrected chi connectivity index (χ4v) is 3.14. The number of halogens is 2. The van der Waals surface area contributed by atoms with E-state index in [1.165, 1.54) is 0 Å². The average Bonchev–Trinajstić information content (AvgIpc) is 2.39. The molecule has 2 rings (SSSR count). The lowest BCUT2D eigenvalue weighted by molar-refractivity contribution is 0.230. The second kappa shape index (κ2) is 6.71. The molecule has 1 aromatic carbocycles. The highest BCUT2D eigenvalue weighted by molar-refractivity contribution is 9.08. The maximum absolute atomic E-state index is 14.1. The smallest absolute Gasteiger partial charge is 0.146 e. The lowest BCUT2D eigenvalue weighted by atomic mass is 10.1. The van der Waals surface area contributed by atoms with Gasteiger partial charge in [0.1, 0.15) is 5.82 Å². The van der Waals surface area contributed by atoms with Crippen LogP contribution in [0.3, 0.4) is 0 Å². The largest absolute Gasteiger partial charge is 0.366 e. The third-order valence-corrected chi connectivity index (χ3v) is 4.13. The average molecular weight is 329 g/mol. The number of alkyl halides is 1. The van der Waals surface area contributed by atoms with Crippen molar-refractivity contribution in [2.24, 2.45) is 5.92 Å². The molecule has 2 nitrogen and oxygen atoms in total. The van der Waals surface area contributed by atoms with Crippen molar-refractivity contribution in [3.05, 3.63) is 29.6 Å². The van der Waals surface area contributed by atoms with Gasteiger partial charge in [-0.1, -0.05) is 41.9 Å². The Kier molecular flexibility index (Phi) is 5.22. The first-order valence-corrected chi connectivity index (χ1v) is 8.04. The van der Waals surface area contributed by atoms with Crippen molar-refractivity contribution in [1.82, 2.24) is 4.90 Å². The van der Waals surface area contributed by atoms with Crippen LogP contribution >= 0.6 is 15.9 Å². The van der Waals surface area contributed by atoms with Crippen molar-refractivity contribution >= 4 is 21.6 Å². The van der Waals surface area contributed by atoms with E-state index in [0.29, 0.717) is 11.2 Å². The molecule has 106 valence electrons. The minimum Gasteiger partial charge on any atom is -0.366 e. The zero-order valence-electron chi connectivity index (χ0n) is 11.7. The third-order valence-electron chi connectivity index (χ3n) is 3.53. The van der Waals surface area contributed by atoms with Gasteiger partial charge in [0.05, 0.1) is 5.69 Å². The Morgan fingerprint density at radius 3 is 2.47 bits per heavy atom. The van der Waals surface area contributed by atoms with E-state index in [2.05, 4.69) is 39.6 Å². The summed E-state index contributed by atoms with van der Waals surface area (Å²) in [5.41, 5.74) is 1.82. The molecule has 0 aliphatic carbocycles. The van der Waals surface area contributed by atoms with Gasteiger partial charge < -0.3 is 4.90 Å². The summed E-state index contributed by atoms with van der Waals surface area (Å²) in [4.78, 5) is 4.65. The van der Waals surface area contributed by atoms with Gasteiger partial charge in [-0.3, -0.25) is 4.90 Å². The van der Waals surface area contributed by atoms with Crippen molar-refractivity contribution in [1.29, 1.82) is 0 Å². The van der Waals surface area contributed by atoms with E-state index >= 15 is 0 Å². The quantitative estimate of drug-likeness (QED) is 0.780. The summed E-state index contributed by atoms with van der Waals surface area (Å²) in [6.07, 6.45) is 0. The van der Waals surface area contributed by atoms with E-state index < -0.39 is 0 Å². The number of nitrogens with zero attached hydrogens (tertiary/aromatic N) is 2. The van der Waals surface area contributed by atoms with Gasteiger partial charge >= 0.3 is 0 Å². The van der Waals surface area contributed by atoms with Crippen LogP contribution in [0.4, 0.5) is 10.1 Å². The second-order valence-electron chi connectivity index (χ2n) is 5.56. The highest BCUT2D eigenvalue weighted by Crippen LogP contribution is 2.27. The van der Waals surface area contributed by atoms with Crippen LogP contribution in [-0.4, -0.2) is 37.6 Å². The Hall–Kier alpha value is -0.610. The molecule has 4 heteroatoms. The molecule has 0 bridgehead atoms. The van der Waals surface area contributed by atoms with E-state index in [9.17, 15) is 4.39 Å². The summed E-state index contributed by atoms with van der Waals surface area (Å²) in [6, 6.07) is 5.33. The fraction of sp³-hybridized carbons (Fsp3) is 0.600. The van der Waals surface area contributed by atoms with Gasteiger partial charge in [0, 0.05) is 38.1 Å². The summed E-state index contributed by atoms with van der Waals surface area (Å²) < 4.78 is 14.1. The van der Waals surface area contributed by atoms with Gasteiger partial charge in [-0.15, -0.1) is 0 Å². The van der Waals surface area contributed by atoms with Crippen molar-refractivity contribution in [3.8, 4) is 0 Å². The Balaban J connectivity index is 2.05. The maximum Gasteiger partial charge on any atom is 0.146 e. The van der Waals surface area contributed by atoms with Crippen LogP contribution in [0.2, 0.25) is 0 Å². The highest BCUT2D eigenvalue weighted by Gasteiger charge is 2.21. The van der Waals surface area contributed by atoms with Gasteiger partial charge in [0.2, 0.25) is 0 Å². The highest BCUT2D eigenvalue weighted by atomic mass is 79.9. The molecule has 1 aliphatic rings. The molecule has 19 heavy (non-hydrogen) atoms. The van der Waals surface area contributed by atoms with E-state index in [4.69, 9.17) is 0 Å². The van der Waals surface area contributed by atoms with Crippen LogP contribution in [0.25, 0.3) is 0 Å². The van der Waals surface area contributed by atoms with Crippen LogP contribution < -0.4 is 4.90 Å². The van der Waals surface area contributed by atoms with Crippen LogP contribution in [-0.2, 0) is 5.33 Å². The van der Waals surface area contributed by atoms with Crippen molar-refractivity contribution < 1.29 is 4.39 Å². The molecular formula is C15H22BrFN2. The molecule has 0 spiro atoms. The monoisotopic (exact) mass is 328 g/mol. The lowest BCUT2D eigenvalue weighted by Gasteiger charge is -2.37. The van der Waals surface area contributed by atoms with E-state index in [-0.39, 0.29) is 5.82 Å². The Bertz CT molecular complexity index is 415. The molecule has 0 atom stereocenters. The van der Waals surface area contributed by atoms with Crippen molar-refractivity contribution in [2.75, 3.05) is 37.6 Å². The van der Waals surface area contributed by atoms with Gasteiger partial charge in [-0.25, -0.2) is 4.39 Å². The molecule has 0 aromatic heterocycles. The zero-order chi connectivity index (χ0) is 13.8. The minimum absolute atomic E-state index is 0.103. The molecule has 0 radical (unpaired) electrons. The molecule has 0 saturated carbocycles. The van der Waals surface area contributed by atoms with Crippen LogP contribution in [0.15, 0.2) is 18.2 Å². The van der Waals surface area contributed by atoms with Gasteiger partial charge in [0.15, 0.2) is 0 Å². The summed E-state index contributed by atoms with van der Waals surface area (Å²) in [6.45, 7) is 9.48. The third kappa shape index (κ3) is 3.69. The van der Waals surface area contributed by atoms with E-state index in [1.807, 2.05) is 6.07 Å². The zero-order valence-corrected chi connectivity index (χ0v) is 13.3.